The third-order valence-electron chi connectivity index (χ3n) is 5.42. The Labute approximate surface area is 202 Å². The molecule has 0 spiro atoms. The summed E-state index contributed by atoms with van der Waals surface area (Å²) in [4.78, 5) is 9.66. The van der Waals surface area contributed by atoms with Crippen molar-refractivity contribution >= 4 is 32.8 Å². The Hall–Kier alpha value is -4.28. The van der Waals surface area contributed by atoms with Gasteiger partial charge in [-0.3, -0.25) is 9.27 Å². The lowest BCUT2D eigenvalue weighted by Crippen LogP contribution is -2.10. The maximum Gasteiger partial charge on any atom is 0.357 e. The molecule has 0 saturated heterocycles. The van der Waals surface area contributed by atoms with E-state index in [4.69, 9.17) is 19.6 Å². The van der Waals surface area contributed by atoms with Gasteiger partial charge in [-0.25, -0.2) is 14.6 Å². The normalized spacial score (nSPS) is 11.5. The van der Waals surface area contributed by atoms with Crippen LogP contribution >= 0.6 is 0 Å². The van der Waals surface area contributed by atoms with Crippen molar-refractivity contribution in [2.45, 2.75) is 6.54 Å². The van der Waals surface area contributed by atoms with Crippen molar-refractivity contribution in [3.05, 3.63) is 90.5 Å². The topological polar surface area (TPSA) is 122 Å². The molecule has 10 heteroatoms. The highest BCUT2D eigenvalue weighted by Crippen LogP contribution is 2.33. The SMILES string of the molecule is Cn1nc(-c2ccccc2)c2c(NCc3ccc(NS(=O)(=O)O)cc3)nc(-c3ccccc3)nc21. The predicted molar refractivity (Wildman–Crippen MR) is 136 cm³/mol. The van der Waals surface area contributed by atoms with E-state index in [0.717, 1.165) is 27.8 Å². The molecular formula is C25H22N6O3S. The average Bonchev–Trinajstić information content (AvgIpc) is 3.20. The molecule has 0 atom stereocenters. The summed E-state index contributed by atoms with van der Waals surface area (Å²) in [6.07, 6.45) is 0. The molecule has 0 unspecified atom stereocenters. The fraction of sp³-hybridized carbons (Fsp3) is 0.0800. The van der Waals surface area contributed by atoms with Crippen LogP contribution in [0.5, 0.6) is 0 Å². The summed E-state index contributed by atoms with van der Waals surface area (Å²) in [5.74, 6) is 1.22. The van der Waals surface area contributed by atoms with Crippen LogP contribution in [0.4, 0.5) is 11.5 Å². The number of aryl methyl sites for hydroxylation is 1. The van der Waals surface area contributed by atoms with Crippen molar-refractivity contribution in [2.75, 3.05) is 10.0 Å². The molecule has 0 amide bonds. The van der Waals surface area contributed by atoms with E-state index in [0.29, 0.717) is 23.8 Å². The maximum atomic E-state index is 11.0. The van der Waals surface area contributed by atoms with Crippen LogP contribution in [0.2, 0.25) is 0 Å². The van der Waals surface area contributed by atoms with Gasteiger partial charge in [0.1, 0.15) is 11.5 Å². The molecular weight excluding hydrogens is 464 g/mol. The Balaban J connectivity index is 1.55. The first-order valence-corrected chi connectivity index (χ1v) is 12.2. The minimum Gasteiger partial charge on any atom is -0.365 e. The van der Waals surface area contributed by atoms with Crippen LogP contribution in [0.15, 0.2) is 84.9 Å². The number of nitrogens with zero attached hydrogens (tertiary/aromatic N) is 4. The zero-order valence-corrected chi connectivity index (χ0v) is 19.6. The van der Waals surface area contributed by atoms with Crippen LogP contribution in [0.25, 0.3) is 33.7 Å². The second-order valence-electron chi connectivity index (χ2n) is 7.93. The van der Waals surface area contributed by atoms with Crippen molar-refractivity contribution in [2.24, 2.45) is 7.05 Å². The highest BCUT2D eigenvalue weighted by molar-refractivity contribution is 7.87. The number of nitrogens with one attached hydrogen (secondary N) is 2. The Kier molecular flexibility index (Phi) is 5.89. The van der Waals surface area contributed by atoms with Crippen molar-refractivity contribution in [3.63, 3.8) is 0 Å². The van der Waals surface area contributed by atoms with E-state index in [1.807, 2.05) is 72.4 Å². The van der Waals surface area contributed by atoms with Gasteiger partial charge in [-0.05, 0) is 17.7 Å². The highest BCUT2D eigenvalue weighted by Gasteiger charge is 2.19. The van der Waals surface area contributed by atoms with Gasteiger partial charge >= 0.3 is 10.3 Å². The fourth-order valence-corrected chi connectivity index (χ4v) is 4.25. The Morgan fingerprint density at radius 1 is 0.857 bits per heavy atom. The lowest BCUT2D eigenvalue weighted by atomic mass is 10.1. The summed E-state index contributed by atoms with van der Waals surface area (Å²) >= 11 is 0. The van der Waals surface area contributed by atoms with Crippen molar-refractivity contribution < 1.29 is 13.0 Å². The minimum atomic E-state index is -4.32. The molecule has 9 nitrogen and oxygen atoms in total. The number of anilines is 2. The fourth-order valence-electron chi connectivity index (χ4n) is 3.82. The van der Waals surface area contributed by atoms with Gasteiger partial charge in [-0.1, -0.05) is 72.8 Å². The van der Waals surface area contributed by atoms with Crippen molar-refractivity contribution in [3.8, 4) is 22.6 Å². The number of fused-ring (bicyclic) bond motifs is 1. The molecule has 5 aromatic rings. The lowest BCUT2D eigenvalue weighted by Gasteiger charge is -2.11. The van der Waals surface area contributed by atoms with Gasteiger partial charge in [0.05, 0.1) is 11.1 Å². The average molecular weight is 487 g/mol. The van der Waals surface area contributed by atoms with Crippen LogP contribution < -0.4 is 10.0 Å². The molecule has 3 aromatic carbocycles. The molecule has 0 radical (unpaired) electrons. The van der Waals surface area contributed by atoms with Gasteiger partial charge < -0.3 is 5.32 Å². The van der Waals surface area contributed by atoms with Gasteiger partial charge in [-0.15, -0.1) is 0 Å². The first-order valence-electron chi connectivity index (χ1n) is 10.8. The molecule has 0 aliphatic rings. The lowest BCUT2D eigenvalue weighted by molar-refractivity contribution is 0.489. The van der Waals surface area contributed by atoms with Crippen molar-refractivity contribution in [1.82, 2.24) is 19.7 Å². The number of hydrogen-bond acceptors (Lipinski definition) is 6. The molecule has 0 saturated carbocycles. The Morgan fingerprint density at radius 3 is 2.11 bits per heavy atom. The smallest absolute Gasteiger partial charge is 0.357 e. The summed E-state index contributed by atoms with van der Waals surface area (Å²) in [5, 5.41) is 8.96. The predicted octanol–water partition coefficient (Wildman–Crippen LogP) is 4.52. The summed E-state index contributed by atoms with van der Waals surface area (Å²) in [6, 6.07) is 26.3. The van der Waals surface area contributed by atoms with E-state index in [9.17, 15) is 8.42 Å². The largest absolute Gasteiger partial charge is 0.365 e. The molecule has 2 heterocycles. The number of aromatic nitrogens is 4. The van der Waals surface area contributed by atoms with Gasteiger partial charge in [0.15, 0.2) is 11.5 Å². The molecule has 176 valence electrons. The Morgan fingerprint density at radius 2 is 1.49 bits per heavy atom. The van der Waals surface area contributed by atoms with Gasteiger partial charge in [-0.2, -0.15) is 13.5 Å². The third-order valence-corrected chi connectivity index (χ3v) is 5.92. The molecule has 5 rings (SSSR count). The molecule has 0 fully saturated rings. The first kappa shape index (κ1) is 22.5. The van der Waals surface area contributed by atoms with Crippen LogP contribution in [-0.4, -0.2) is 32.7 Å². The van der Waals surface area contributed by atoms with Gasteiger partial charge in [0.2, 0.25) is 0 Å². The molecule has 0 aliphatic carbocycles. The highest BCUT2D eigenvalue weighted by atomic mass is 32.2. The van der Waals surface area contributed by atoms with E-state index in [1.165, 1.54) is 0 Å². The van der Waals surface area contributed by atoms with E-state index < -0.39 is 10.3 Å². The molecule has 0 bridgehead atoms. The Bertz CT molecular complexity index is 1590. The third kappa shape index (κ3) is 4.98. The van der Waals surface area contributed by atoms with E-state index in [2.05, 4.69) is 5.32 Å². The second-order valence-corrected chi connectivity index (χ2v) is 9.08. The van der Waals surface area contributed by atoms with Crippen LogP contribution in [-0.2, 0) is 23.9 Å². The number of hydrogen-bond donors (Lipinski definition) is 3. The summed E-state index contributed by atoms with van der Waals surface area (Å²) in [7, 11) is -2.46. The second kappa shape index (κ2) is 9.16. The quantitative estimate of drug-likeness (QED) is 0.289. The summed E-state index contributed by atoms with van der Waals surface area (Å²) < 4.78 is 34.8. The summed E-state index contributed by atoms with van der Waals surface area (Å²) in [6.45, 7) is 0.426. The van der Waals surface area contributed by atoms with Crippen molar-refractivity contribution in [1.29, 1.82) is 0 Å². The van der Waals surface area contributed by atoms with E-state index >= 15 is 0 Å². The molecule has 2 aromatic heterocycles. The van der Waals surface area contributed by atoms with E-state index in [1.54, 1.807) is 28.9 Å². The maximum absolute atomic E-state index is 11.0. The first-order chi connectivity index (χ1) is 16.9. The van der Waals surface area contributed by atoms with Crippen LogP contribution in [0.1, 0.15) is 5.56 Å². The van der Waals surface area contributed by atoms with E-state index in [-0.39, 0.29) is 5.69 Å². The molecule has 3 N–H and O–H groups in total. The molecule has 0 aliphatic heterocycles. The van der Waals surface area contributed by atoms with Gasteiger partial charge in [0.25, 0.3) is 0 Å². The van der Waals surface area contributed by atoms with Crippen LogP contribution in [0.3, 0.4) is 0 Å². The number of benzene rings is 3. The zero-order chi connectivity index (χ0) is 24.4. The monoisotopic (exact) mass is 486 g/mol. The zero-order valence-electron chi connectivity index (χ0n) is 18.8. The number of rotatable bonds is 7. The van der Waals surface area contributed by atoms with Gasteiger partial charge in [0, 0.05) is 24.7 Å². The van der Waals surface area contributed by atoms with Crippen LogP contribution in [0, 0.1) is 0 Å². The summed E-state index contributed by atoms with van der Waals surface area (Å²) in [5.41, 5.74) is 4.49. The standard InChI is InChI=1S/C25H22N6O3S/c1-31-25-21(22(29-31)18-8-4-2-5-9-18)24(27-23(28-25)19-10-6-3-7-11-19)26-16-17-12-14-20(15-13-17)30-35(32,33)34/h2-15,30H,16H2,1H3,(H,26,27,28)(H,32,33,34). The minimum absolute atomic E-state index is 0.269. The molecule has 35 heavy (non-hydrogen) atoms.